The minimum Gasteiger partial charge on any atom is -0.465 e. The number of esters is 8. The molecule has 5 rings (SSSR count). The van der Waals surface area contributed by atoms with Crippen molar-refractivity contribution >= 4 is 47.8 Å². The van der Waals surface area contributed by atoms with Crippen LogP contribution < -0.4 is 0 Å². The minimum atomic E-state index is -2.82. The van der Waals surface area contributed by atoms with Crippen molar-refractivity contribution in [1.29, 1.82) is 0 Å². The van der Waals surface area contributed by atoms with Crippen LogP contribution in [0.3, 0.4) is 0 Å². The van der Waals surface area contributed by atoms with Gasteiger partial charge in [0.25, 0.3) is 0 Å². The fourth-order valence-electron chi connectivity index (χ4n) is 9.25. The Morgan fingerprint density at radius 3 is 1.84 bits per heavy atom. The first-order valence-electron chi connectivity index (χ1n) is 18.2. The fraction of sp³-hybridized carbons (Fsp3) is 0.658. The molecule has 4 aliphatic rings. The van der Waals surface area contributed by atoms with Gasteiger partial charge in [-0.3, -0.25) is 38.5 Å². The third-order valence-electron chi connectivity index (χ3n) is 11.4. The molecule has 0 radical (unpaired) electrons. The third kappa shape index (κ3) is 6.97. The SMILES string of the molecule is CC(=O)OC[C@]12[C@H](OC(C)=O)[C@@H](OC(C)=O)[C@H]3[C@H](OC(C)=O)[C@]14O[C@@]3(C)COC(=O)c1cccnc1[C@H](C)[C@H](C)C(=O)O[C@H]([C@@H](OC(C)=O)[C@@H]2OC(C)=O)[C@]4(C)O. The standard InChI is InChI=1S/C38H47NO18/c1-16-17(2)33(46)56-30-28(52-20(5)42)32(55-23(8)45)37(15-49-18(3)40)31(54-22(7)44)27(51-19(4)41)25-29(53-21(6)43)38(37,36(30,10)48)57-35(25,9)14-50-34(47)24-12-11-13-39-26(16)24/h11-13,16-17,25,27-32,48H,14-15H2,1-10H3/t16-,17+,25+,27+,28-,29+,30-,31-,32+,35+,36+,37-,38-/m1/s1. The van der Waals surface area contributed by atoms with Gasteiger partial charge in [-0.25, -0.2) is 4.79 Å². The summed E-state index contributed by atoms with van der Waals surface area (Å²) in [6.07, 6.45) is -10.5. The van der Waals surface area contributed by atoms with E-state index < -0.39 is 138 Å². The minimum absolute atomic E-state index is 0.0422. The van der Waals surface area contributed by atoms with Crippen molar-refractivity contribution in [2.75, 3.05) is 13.2 Å². The highest BCUT2D eigenvalue weighted by Crippen LogP contribution is 2.70. The van der Waals surface area contributed by atoms with Crippen LogP contribution in [0.4, 0.5) is 0 Å². The summed E-state index contributed by atoms with van der Waals surface area (Å²) in [7, 11) is 0. The Labute approximate surface area is 327 Å². The molecule has 19 heteroatoms. The van der Waals surface area contributed by atoms with E-state index in [0.717, 1.165) is 48.5 Å². The highest BCUT2D eigenvalue weighted by molar-refractivity contribution is 5.91. The smallest absolute Gasteiger partial charge is 0.340 e. The van der Waals surface area contributed by atoms with Gasteiger partial charge in [-0.15, -0.1) is 0 Å². The predicted molar refractivity (Wildman–Crippen MR) is 185 cm³/mol. The highest BCUT2D eigenvalue weighted by atomic mass is 16.7. The number of fused-ring (bicyclic) bond motifs is 5. The molecular weight excluding hydrogens is 758 g/mol. The van der Waals surface area contributed by atoms with Gasteiger partial charge in [-0.1, -0.05) is 13.8 Å². The quantitative estimate of drug-likeness (QED) is 0.298. The van der Waals surface area contributed by atoms with Crippen LogP contribution in [-0.4, -0.2) is 124 Å². The van der Waals surface area contributed by atoms with Gasteiger partial charge >= 0.3 is 47.8 Å². The highest BCUT2D eigenvalue weighted by Gasteiger charge is 2.92. The zero-order chi connectivity index (χ0) is 42.6. The maximum atomic E-state index is 14.3. The molecule has 312 valence electrons. The van der Waals surface area contributed by atoms with Crippen molar-refractivity contribution in [2.24, 2.45) is 17.3 Å². The summed E-state index contributed by atoms with van der Waals surface area (Å²) >= 11 is 0. The van der Waals surface area contributed by atoms with Gasteiger partial charge < -0.3 is 47.7 Å². The molecule has 4 bridgehead atoms. The molecule has 19 nitrogen and oxygen atoms in total. The predicted octanol–water partition coefficient (Wildman–Crippen LogP) is 1.03. The lowest BCUT2D eigenvalue weighted by Crippen LogP contribution is -2.89. The van der Waals surface area contributed by atoms with E-state index in [4.69, 9.17) is 42.6 Å². The Balaban J connectivity index is 2.01. The zero-order valence-corrected chi connectivity index (χ0v) is 33.2. The van der Waals surface area contributed by atoms with E-state index in [1.54, 1.807) is 6.92 Å². The van der Waals surface area contributed by atoms with E-state index in [-0.39, 0.29) is 11.3 Å². The summed E-state index contributed by atoms with van der Waals surface area (Å²) in [6, 6.07) is 2.89. The van der Waals surface area contributed by atoms with Crippen molar-refractivity contribution < 1.29 is 86.1 Å². The van der Waals surface area contributed by atoms with Gasteiger partial charge in [0.05, 0.1) is 23.1 Å². The number of hydrogen-bond acceptors (Lipinski definition) is 19. The molecule has 1 saturated heterocycles. The molecule has 1 N–H and O–H groups in total. The van der Waals surface area contributed by atoms with E-state index in [0.29, 0.717) is 0 Å². The van der Waals surface area contributed by atoms with Crippen LogP contribution in [0.15, 0.2) is 18.3 Å². The first kappa shape index (κ1) is 43.0. The van der Waals surface area contributed by atoms with Crippen molar-refractivity contribution in [3.63, 3.8) is 0 Å². The molecule has 3 heterocycles. The number of hydrogen-bond donors (Lipinski definition) is 1. The normalized spacial score (nSPS) is 38.2. The fourth-order valence-corrected chi connectivity index (χ4v) is 9.25. The number of carbonyl (C=O) groups excluding carboxylic acids is 8. The molecule has 1 aromatic rings. The maximum Gasteiger partial charge on any atom is 0.340 e. The molecule has 2 aliphatic heterocycles. The summed E-state index contributed by atoms with van der Waals surface area (Å²) in [6.45, 7) is 9.67. The lowest BCUT2D eigenvalue weighted by Gasteiger charge is -2.67. The molecule has 0 unspecified atom stereocenters. The second-order valence-corrected chi connectivity index (χ2v) is 15.3. The number of ether oxygens (including phenoxy) is 9. The van der Waals surface area contributed by atoms with Crippen molar-refractivity contribution in [3.8, 4) is 0 Å². The van der Waals surface area contributed by atoms with Crippen LogP contribution in [-0.2, 0) is 76.2 Å². The molecular formula is C38H47NO18. The second kappa shape index (κ2) is 15.3. The lowest BCUT2D eigenvalue weighted by molar-refractivity contribution is -0.387. The van der Waals surface area contributed by atoms with Crippen LogP contribution in [0, 0.1) is 17.3 Å². The molecule has 0 aromatic carbocycles. The number of carbonyl (C=O) groups is 8. The molecule has 1 aromatic heterocycles. The lowest BCUT2D eigenvalue weighted by atomic mass is 9.45. The Hall–Kier alpha value is -5.17. The average molecular weight is 806 g/mol. The summed E-state index contributed by atoms with van der Waals surface area (Å²) in [4.78, 5) is 111. The van der Waals surface area contributed by atoms with Crippen molar-refractivity contribution in [2.45, 2.75) is 129 Å². The largest absolute Gasteiger partial charge is 0.465 e. The molecule has 13 atom stereocenters. The molecule has 3 fully saturated rings. The average Bonchev–Trinajstić information content (AvgIpc) is 3.32. The Morgan fingerprint density at radius 2 is 1.30 bits per heavy atom. The van der Waals surface area contributed by atoms with E-state index in [2.05, 4.69) is 4.98 Å². The van der Waals surface area contributed by atoms with Crippen LogP contribution in [0.5, 0.6) is 0 Å². The number of aromatic nitrogens is 1. The van der Waals surface area contributed by atoms with Crippen molar-refractivity contribution in [1.82, 2.24) is 4.98 Å². The summed E-state index contributed by atoms with van der Waals surface area (Å²) < 4.78 is 54.3. The van der Waals surface area contributed by atoms with E-state index in [1.807, 2.05) is 0 Å². The van der Waals surface area contributed by atoms with Gasteiger partial charge in [0.1, 0.15) is 42.0 Å². The Morgan fingerprint density at radius 1 is 0.772 bits per heavy atom. The molecule has 0 amide bonds. The summed E-state index contributed by atoms with van der Waals surface area (Å²) in [5.74, 6) is -11.6. The van der Waals surface area contributed by atoms with Gasteiger partial charge in [0.2, 0.25) is 0 Å². The Kier molecular flexibility index (Phi) is 11.5. The van der Waals surface area contributed by atoms with E-state index in [1.165, 1.54) is 32.2 Å². The van der Waals surface area contributed by atoms with Gasteiger partial charge in [-0.05, 0) is 26.0 Å². The molecule has 2 aliphatic carbocycles. The number of rotatable bonds is 7. The van der Waals surface area contributed by atoms with Crippen LogP contribution in [0.1, 0.15) is 91.2 Å². The van der Waals surface area contributed by atoms with Gasteiger partial charge in [0.15, 0.2) is 30.0 Å². The molecule has 2 saturated carbocycles. The number of cyclic esters (lactones) is 1. The van der Waals surface area contributed by atoms with Gasteiger partial charge in [0, 0.05) is 53.7 Å². The van der Waals surface area contributed by atoms with Crippen molar-refractivity contribution in [3.05, 3.63) is 29.6 Å². The topological polar surface area (TPSA) is 253 Å². The van der Waals surface area contributed by atoms with E-state index >= 15 is 0 Å². The first-order chi connectivity index (χ1) is 26.5. The third-order valence-corrected chi connectivity index (χ3v) is 11.4. The Bertz CT molecular complexity index is 1860. The molecule has 57 heavy (non-hydrogen) atoms. The van der Waals surface area contributed by atoms with Crippen LogP contribution in [0.2, 0.25) is 0 Å². The molecule has 1 spiro atoms. The van der Waals surface area contributed by atoms with Gasteiger partial charge in [-0.2, -0.15) is 0 Å². The number of aliphatic hydroxyl groups is 1. The first-order valence-corrected chi connectivity index (χ1v) is 18.2. The number of nitrogens with zero attached hydrogens (tertiary/aromatic N) is 1. The summed E-state index contributed by atoms with van der Waals surface area (Å²) in [5.41, 5.74) is -10.1. The summed E-state index contributed by atoms with van der Waals surface area (Å²) in [5, 5.41) is 13.4. The van der Waals surface area contributed by atoms with E-state index in [9.17, 15) is 43.5 Å². The van der Waals surface area contributed by atoms with Crippen LogP contribution >= 0.6 is 0 Å². The maximum absolute atomic E-state index is 14.3. The number of pyridine rings is 1. The zero-order valence-electron chi connectivity index (χ0n) is 33.2. The monoisotopic (exact) mass is 805 g/mol. The second-order valence-electron chi connectivity index (χ2n) is 15.3. The van der Waals surface area contributed by atoms with Crippen LogP contribution in [0.25, 0.3) is 0 Å².